The highest BCUT2D eigenvalue weighted by Gasteiger charge is 2.32. The number of hydrogen-bond acceptors (Lipinski definition) is 4. The number of carbonyl (C=O) groups is 2. The van der Waals surface area contributed by atoms with Crippen LogP contribution in [0.25, 0.3) is 0 Å². The first-order valence-electron chi connectivity index (χ1n) is 8.78. The number of hydrogen-bond donors (Lipinski definition) is 1. The maximum atomic E-state index is 13.0. The summed E-state index contributed by atoms with van der Waals surface area (Å²) in [6, 6.07) is 13.1. The van der Waals surface area contributed by atoms with Gasteiger partial charge in [0.25, 0.3) is 11.8 Å². The molecule has 1 aromatic carbocycles. The van der Waals surface area contributed by atoms with Gasteiger partial charge in [0.15, 0.2) is 0 Å². The summed E-state index contributed by atoms with van der Waals surface area (Å²) in [5, 5.41) is 4.99. The van der Waals surface area contributed by atoms with Crippen molar-refractivity contribution in [2.45, 2.75) is 26.1 Å². The van der Waals surface area contributed by atoms with E-state index in [0.717, 1.165) is 16.0 Å². The number of thiophene rings is 1. The summed E-state index contributed by atoms with van der Waals surface area (Å²) in [6.07, 6.45) is 3.47. The Morgan fingerprint density at radius 1 is 1.26 bits per heavy atom. The lowest BCUT2D eigenvalue weighted by Crippen LogP contribution is -2.29. The van der Waals surface area contributed by atoms with Crippen LogP contribution in [0.4, 0.5) is 0 Å². The van der Waals surface area contributed by atoms with E-state index in [0.29, 0.717) is 24.2 Å². The molecule has 3 aromatic rings. The number of fused-ring (bicyclic) bond motifs is 1. The Bertz CT molecular complexity index is 970. The quantitative estimate of drug-likeness (QED) is 0.736. The third-order valence-electron chi connectivity index (χ3n) is 4.67. The third kappa shape index (κ3) is 3.48. The smallest absolute Gasteiger partial charge is 0.255 e. The second kappa shape index (κ2) is 7.32. The number of nitrogens with one attached hydrogen (secondary N) is 1. The van der Waals surface area contributed by atoms with Gasteiger partial charge in [-0.2, -0.15) is 0 Å². The van der Waals surface area contributed by atoms with E-state index in [4.69, 9.17) is 0 Å². The zero-order chi connectivity index (χ0) is 18.8. The summed E-state index contributed by atoms with van der Waals surface area (Å²) in [6.45, 7) is 2.93. The Morgan fingerprint density at radius 2 is 2.15 bits per heavy atom. The largest absolute Gasteiger partial charge is 0.345 e. The Morgan fingerprint density at radius 3 is 2.89 bits per heavy atom. The van der Waals surface area contributed by atoms with Gasteiger partial charge in [0.1, 0.15) is 0 Å². The molecule has 0 saturated heterocycles. The van der Waals surface area contributed by atoms with Crippen molar-refractivity contribution in [3.63, 3.8) is 0 Å². The molecule has 1 aliphatic heterocycles. The standard InChI is InChI=1S/C21H19N3O2S/c1-14(18-8-4-10-27-18)23-20(25)17-7-2-6-16-13-24(21(26)19(16)17)12-15-5-3-9-22-11-15/h2-11,14H,12-13H2,1H3,(H,23,25). The normalized spacial score (nSPS) is 14.1. The minimum Gasteiger partial charge on any atom is -0.345 e. The van der Waals surface area contributed by atoms with Crippen molar-refractivity contribution in [1.29, 1.82) is 0 Å². The summed E-state index contributed by atoms with van der Waals surface area (Å²) in [7, 11) is 0. The fourth-order valence-electron chi connectivity index (χ4n) is 3.33. The predicted molar refractivity (Wildman–Crippen MR) is 104 cm³/mol. The molecule has 4 rings (SSSR count). The lowest BCUT2D eigenvalue weighted by molar-refractivity contribution is 0.0761. The first-order valence-corrected chi connectivity index (χ1v) is 9.66. The molecule has 5 nitrogen and oxygen atoms in total. The topological polar surface area (TPSA) is 62.3 Å². The third-order valence-corrected chi connectivity index (χ3v) is 5.73. The molecule has 1 unspecified atom stereocenters. The van der Waals surface area contributed by atoms with Crippen molar-refractivity contribution in [2.75, 3.05) is 0 Å². The summed E-state index contributed by atoms with van der Waals surface area (Å²) >= 11 is 1.60. The second-order valence-electron chi connectivity index (χ2n) is 6.57. The van der Waals surface area contributed by atoms with E-state index < -0.39 is 0 Å². The van der Waals surface area contributed by atoms with E-state index >= 15 is 0 Å². The van der Waals surface area contributed by atoms with Gasteiger partial charge in [0.05, 0.1) is 17.2 Å². The van der Waals surface area contributed by atoms with Crippen molar-refractivity contribution in [2.24, 2.45) is 0 Å². The molecular weight excluding hydrogens is 358 g/mol. The number of aromatic nitrogens is 1. The van der Waals surface area contributed by atoms with Gasteiger partial charge < -0.3 is 10.2 Å². The average Bonchev–Trinajstić information content (AvgIpc) is 3.32. The average molecular weight is 377 g/mol. The van der Waals surface area contributed by atoms with Crippen LogP contribution >= 0.6 is 11.3 Å². The van der Waals surface area contributed by atoms with Crippen LogP contribution in [0.5, 0.6) is 0 Å². The Hall–Kier alpha value is -2.99. The Labute approximate surface area is 161 Å². The van der Waals surface area contributed by atoms with Gasteiger partial charge >= 0.3 is 0 Å². The molecule has 0 spiro atoms. The molecule has 136 valence electrons. The van der Waals surface area contributed by atoms with E-state index in [1.165, 1.54) is 0 Å². The van der Waals surface area contributed by atoms with Gasteiger partial charge in [-0.1, -0.05) is 24.3 Å². The minimum atomic E-state index is -0.218. The fraction of sp³-hybridized carbons (Fsp3) is 0.190. The zero-order valence-corrected chi connectivity index (χ0v) is 15.7. The molecular formula is C21H19N3O2S. The van der Waals surface area contributed by atoms with Gasteiger partial charge in [-0.25, -0.2) is 0 Å². The number of benzene rings is 1. The molecule has 3 heterocycles. The highest BCUT2D eigenvalue weighted by atomic mass is 32.1. The number of carbonyl (C=O) groups excluding carboxylic acids is 2. The van der Waals surface area contributed by atoms with Crippen LogP contribution in [0.2, 0.25) is 0 Å². The van der Waals surface area contributed by atoms with Crippen LogP contribution in [0.15, 0.2) is 60.2 Å². The molecule has 1 atom stereocenters. The highest BCUT2D eigenvalue weighted by molar-refractivity contribution is 7.10. The van der Waals surface area contributed by atoms with Crippen LogP contribution in [-0.4, -0.2) is 21.7 Å². The number of amides is 2. The van der Waals surface area contributed by atoms with Crippen LogP contribution in [0, 0.1) is 0 Å². The lowest BCUT2D eigenvalue weighted by atomic mass is 10.0. The van der Waals surface area contributed by atoms with E-state index in [1.54, 1.807) is 34.7 Å². The van der Waals surface area contributed by atoms with Crippen LogP contribution in [0.3, 0.4) is 0 Å². The molecule has 2 amide bonds. The zero-order valence-electron chi connectivity index (χ0n) is 14.9. The first kappa shape index (κ1) is 17.4. The van der Waals surface area contributed by atoms with Crippen molar-refractivity contribution >= 4 is 23.2 Å². The monoisotopic (exact) mass is 377 g/mol. The Balaban J connectivity index is 1.55. The van der Waals surface area contributed by atoms with E-state index in [1.807, 2.05) is 48.7 Å². The molecule has 0 saturated carbocycles. The first-order chi connectivity index (χ1) is 13.1. The van der Waals surface area contributed by atoms with Gasteiger partial charge in [0.2, 0.25) is 0 Å². The molecule has 0 fully saturated rings. The van der Waals surface area contributed by atoms with Crippen molar-refractivity contribution in [3.05, 3.63) is 87.4 Å². The summed E-state index contributed by atoms with van der Waals surface area (Å²) in [4.78, 5) is 32.7. The van der Waals surface area contributed by atoms with E-state index in [2.05, 4.69) is 10.3 Å². The van der Waals surface area contributed by atoms with Crippen LogP contribution in [0.1, 0.15) is 49.7 Å². The predicted octanol–water partition coefficient (Wildman–Crippen LogP) is 3.79. The maximum Gasteiger partial charge on any atom is 0.255 e. The lowest BCUT2D eigenvalue weighted by Gasteiger charge is -2.16. The Kier molecular flexibility index (Phi) is 4.73. The van der Waals surface area contributed by atoms with E-state index in [-0.39, 0.29) is 17.9 Å². The van der Waals surface area contributed by atoms with Gasteiger partial charge in [0, 0.05) is 30.4 Å². The van der Waals surface area contributed by atoms with Crippen molar-refractivity contribution < 1.29 is 9.59 Å². The van der Waals surface area contributed by atoms with Crippen LogP contribution in [-0.2, 0) is 13.1 Å². The number of rotatable bonds is 5. The molecule has 1 aliphatic rings. The summed E-state index contributed by atoms with van der Waals surface area (Å²) in [5.74, 6) is -0.326. The summed E-state index contributed by atoms with van der Waals surface area (Å²) < 4.78 is 0. The number of nitrogens with zero attached hydrogens (tertiary/aromatic N) is 2. The van der Waals surface area contributed by atoms with E-state index in [9.17, 15) is 9.59 Å². The summed E-state index contributed by atoms with van der Waals surface area (Å²) in [5.41, 5.74) is 2.81. The fourth-order valence-corrected chi connectivity index (χ4v) is 4.07. The number of pyridine rings is 1. The highest BCUT2D eigenvalue weighted by Crippen LogP contribution is 2.28. The molecule has 2 aromatic heterocycles. The SMILES string of the molecule is CC(NC(=O)c1cccc2c1C(=O)N(Cc1cccnc1)C2)c1cccs1. The maximum absolute atomic E-state index is 13.0. The molecule has 0 aliphatic carbocycles. The minimum absolute atomic E-state index is 0.101. The van der Waals surface area contributed by atoms with Crippen LogP contribution < -0.4 is 5.32 Å². The van der Waals surface area contributed by atoms with Gasteiger partial charge in [-0.05, 0) is 41.6 Å². The van der Waals surface area contributed by atoms with Gasteiger partial charge in [-0.15, -0.1) is 11.3 Å². The molecule has 0 bridgehead atoms. The van der Waals surface area contributed by atoms with Crippen molar-refractivity contribution in [1.82, 2.24) is 15.2 Å². The van der Waals surface area contributed by atoms with Crippen molar-refractivity contribution in [3.8, 4) is 0 Å². The molecule has 27 heavy (non-hydrogen) atoms. The molecule has 6 heteroatoms. The second-order valence-corrected chi connectivity index (χ2v) is 7.55. The van der Waals surface area contributed by atoms with Gasteiger partial charge in [-0.3, -0.25) is 14.6 Å². The molecule has 1 N–H and O–H groups in total. The molecule has 0 radical (unpaired) electrons.